The predicted molar refractivity (Wildman–Crippen MR) is 81.1 cm³/mol. The zero-order valence-corrected chi connectivity index (χ0v) is 12.0. The molecule has 1 unspecified atom stereocenters. The lowest BCUT2D eigenvalue weighted by molar-refractivity contribution is 0.551. The zero-order chi connectivity index (χ0) is 13.8. The fourth-order valence-corrected chi connectivity index (χ4v) is 2.35. The van der Waals surface area contributed by atoms with Crippen molar-refractivity contribution in [1.82, 2.24) is 5.43 Å². The predicted octanol–water partition coefficient (Wildman–Crippen LogP) is 3.70. The van der Waals surface area contributed by atoms with Gasteiger partial charge in [-0.15, -0.1) is 0 Å². The molecule has 1 atom stereocenters. The maximum absolute atomic E-state index is 6.06. The summed E-state index contributed by atoms with van der Waals surface area (Å²) in [4.78, 5) is 0. The summed E-state index contributed by atoms with van der Waals surface area (Å²) in [6, 6.07) is 14.6. The van der Waals surface area contributed by atoms with E-state index in [1.54, 1.807) is 0 Å². The van der Waals surface area contributed by atoms with Crippen molar-refractivity contribution in [3.8, 4) is 0 Å². The summed E-state index contributed by atoms with van der Waals surface area (Å²) in [5, 5.41) is 0.787. The molecular formula is C16H19ClN2. The molecule has 0 aliphatic heterocycles. The fourth-order valence-electron chi connectivity index (χ4n) is 2.23. The van der Waals surface area contributed by atoms with Crippen LogP contribution < -0.4 is 11.3 Å². The lowest BCUT2D eigenvalue weighted by Crippen LogP contribution is -2.29. The topological polar surface area (TPSA) is 38.0 Å². The van der Waals surface area contributed by atoms with Gasteiger partial charge < -0.3 is 0 Å². The molecule has 0 saturated heterocycles. The Labute approximate surface area is 119 Å². The van der Waals surface area contributed by atoms with Crippen molar-refractivity contribution in [3.05, 3.63) is 69.7 Å². The number of nitrogens with one attached hydrogen (secondary N) is 1. The molecule has 2 aromatic rings. The number of nitrogens with two attached hydrogens (primary N) is 1. The third-order valence-electron chi connectivity index (χ3n) is 3.31. The van der Waals surface area contributed by atoms with E-state index in [2.05, 4.69) is 42.7 Å². The number of benzene rings is 2. The lowest BCUT2D eigenvalue weighted by Gasteiger charge is -2.17. The minimum absolute atomic E-state index is 0.0952. The normalized spacial score (nSPS) is 12.4. The third kappa shape index (κ3) is 3.57. The van der Waals surface area contributed by atoms with Gasteiger partial charge >= 0.3 is 0 Å². The SMILES string of the molecule is Cc1cccc(CC(NN)c2ccc(Cl)c(C)c2)c1. The van der Waals surface area contributed by atoms with Crippen LogP contribution in [0, 0.1) is 13.8 Å². The van der Waals surface area contributed by atoms with Gasteiger partial charge in [0.1, 0.15) is 0 Å². The van der Waals surface area contributed by atoms with E-state index in [0.717, 1.165) is 22.6 Å². The standard InChI is InChI=1S/C16H19ClN2/c1-11-4-3-5-13(8-11)10-16(19-18)14-6-7-15(17)12(2)9-14/h3-9,16,19H,10,18H2,1-2H3. The largest absolute Gasteiger partial charge is 0.271 e. The Morgan fingerprint density at radius 2 is 1.95 bits per heavy atom. The molecule has 3 heteroatoms. The summed E-state index contributed by atoms with van der Waals surface area (Å²) >= 11 is 6.06. The molecule has 0 saturated carbocycles. The first-order valence-corrected chi connectivity index (χ1v) is 6.75. The van der Waals surface area contributed by atoms with E-state index in [1.165, 1.54) is 11.1 Å². The molecule has 0 aliphatic rings. The monoisotopic (exact) mass is 274 g/mol. The molecule has 2 nitrogen and oxygen atoms in total. The van der Waals surface area contributed by atoms with Gasteiger partial charge in [-0.3, -0.25) is 11.3 Å². The smallest absolute Gasteiger partial charge is 0.0500 e. The van der Waals surface area contributed by atoms with Crippen LogP contribution in [0.25, 0.3) is 0 Å². The summed E-state index contributed by atoms with van der Waals surface area (Å²) in [6.07, 6.45) is 0.860. The van der Waals surface area contributed by atoms with Crippen LogP contribution in [-0.2, 0) is 6.42 Å². The Kier molecular flexibility index (Phi) is 4.59. The van der Waals surface area contributed by atoms with Gasteiger partial charge in [-0.25, -0.2) is 0 Å². The highest BCUT2D eigenvalue weighted by Gasteiger charge is 2.11. The fraction of sp³-hybridized carbons (Fsp3) is 0.250. The molecule has 3 N–H and O–H groups in total. The average molecular weight is 275 g/mol. The molecule has 19 heavy (non-hydrogen) atoms. The van der Waals surface area contributed by atoms with Gasteiger partial charge in [-0.05, 0) is 43.0 Å². The highest BCUT2D eigenvalue weighted by Crippen LogP contribution is 2.23. The quantitative estimate of drug-likeness (QED) is 0.659. The minimum Gasteiger partial charge on any atom is -0.271 e. The molecule has 0 fully saturated rings. The van der Waals surface area contributed by atoms with Gasteiger partial charge in [-0.2, -0.15) is 0 Å². The number of hydrazine groups is 1. The molecule has 0 radical (unpaired) electrons. The second kappa shape index (κ2) is 6.20. The Morgan fingerprint density at radius 1 is 1.16 bits per heavy atom. The lowest BCUT2D eigenvalue weighted by atomic mass is 9.97. The van der Waals surface area contributed by atoms with E-state index < -0.39 is 0 Å². The molecule has 0 aromatic heterocycles. The number of aryl methyl sites for hydroxylation is 2. The van der Waals surface area contributed by atoms with E-state index in [0.29, 0.717) is 0 Å². The third-order valence-corrected chi connectivity index (χ3v) is 3.73. The highest BCUT2D eigenvalue weighted by atomic mass is 35.5. The number of halogens is 1. The van der Waals surface area contributed by atoms with Crippen LogP contribution in [0.4, 0.5) is 0 Å². The van der Waals surface area contributed by atoms with Crippen molar-refractivity contribution >= 4 is 11.6 Å². The molecule has 0 aliphatic carbocycles. The van der Waals surface area contributed by atoms with Gasteiger partial charge in [0.25, 0.3) is 0 Å². The summed E-state index contributed by atoms with van der Waals surface area (Å²) in [5.41, 5.74) is 7.66. The van der Waals surface area contributed by atoms with Crippen LogP contribution in [0.5, 0.6) is 0 Å². The molecule has 0 heterocycles. The number of hydrogen-bond donors (Lipinski definition) is 2. The molecule has 2 aromatic carbocycles. The van der Waals surface area contributed by atoms with E-state index in [1.807, 2.05) is 19.1 Å². The van der Waals surface area contributed by atoms with Crippen molar-refractivity contribution in [3.63, 3.8) is 0 Å². The summed E-state index contributed by atoms with van der Waals surface area (Å²) in [6.45, 7) is 4.10. The van der Waals surface area contributed by atoms with E-state index in [-0.39, 0.29) is 6.04 Å². The maximum atomic E-state index is 6.06. The van der Waals surface area contributed by atoms with Crippen LogP contribution in [0.15, 0.2) is 42.5 Å². The maximum Gasteiger partial charge on any atom is 0.0500 e. The van der Waals surface area contributed by atoms with Crippen molar-refractivity contribution in [2.75, 3.05) is 0 Å². The van der Waals surface area contributed by atoms with Gasteiger partial charge in [-0.1, -0.05) is 53.6 Å². The molecule has 2 rings (SSSR count). The summed E-state index contributed by atoms with van der Waals surface area (Å²) in [5.74, 6) is 5.70. The zero-order valence-electron chi connectivity index (χ0n) is 11.3. The van der Waals surface area contributed by atoms with Crippen LogP contribution in [0.1, 0.15) is 28.3 Å². The second-order valence-electron chi connectivity index (χ2n) is 4.92. The molecule has 0 amide bonds. The van der Waals surface area contributed by atoms with Crippen molar-refractivity contribution < 1.29 is 0 Å². The van der Waals surface area contributed by atoms with Crippen LogP contribution >= 0.6 is 11.6 Å². The van der Waals surface area contributed by atoms with Gasteiger partial charge in [0.15, 0.2) is 0 Å². The minimum atomic E-state index is 0.0952. The van der Waals surface area contributed by atoms with Crippen molar-refractivity contribution in [1.29, 1.82) is 0 Å². The Bertz CT molecular complexity index is 566. The Hall–Kier alpha value is -1.35. The van der Waals surface area contributed by atoms with Crippen LogP contribution in [-0.4, -0.2) is 0 Å². The van der Waals surface area contributed by atoms with Crippen LogP contribution in [0.3, 0.4) is 0 Å². The summed E-state index contributed by atoms with van der Waals surface area (Å²) in [7, 11) is 0. The number of rotatable bonds is 4. The summed E-state index contributed by atoms with van der Waals surface area (Å²) < 4.78 is 0. The molecular weight excluding hydrogens is 256 g/mol. The second-order valence-corrected chi connectivity index (χ2v) is 5.33. The first-order valence-electron chi connectivity index (χ1n) is 6.38. The van der Waals surface area contributed by atoms with Gasteiger partial charge in [0, 0.05) is 11.1 Å². The van der Waals surface area contributed by atoms with E-state index in [4.69, 9.17) is 17.4 Å². The Morgan fingerprint density at radius 3 is 2.58 bits per heavy atom. The van der Waals surface area contributed by atoms with E-state index in [9.17, 15) is 0 Å². The first-order chi connectivity index (χ1) is 9.10. The average Bonchev–Trinajstić information content (AvgIpc) is 2.39. The van der Waals surface area contributed by atoms with Gasteiger partial charge in [0.2, 0.25) is 0 Å². The van der Waals surface area contributed by atoms with Gasteiger partial charge in [0.05, 0.1) is 0 Å². The molecule has 0 spiro atoms. The first kappa shape index (κ1) is 14.1. The molecule has 100 valence electrons. The molecule has 0 bridgehead atoms. The highest BCUT2D eigenvalue weighted by molar-refractivity contribution is 6.31. The number of hydrogen-bond acceptors (Lipinski definition) is 2. The van der Waals surface area contributed by atoms with Crippen molar-refractivity contribution in [2.24, 2.45) is 5.84 Å². The van der Waals surface area contributed by atoms with E-state index >= 15 is 0 Å². The van der Waals surface area contributed by atoms with Crippen molar-refractivity contribution in [2.45, 2.75) is 26.3 Å². The van der Waals surface area contributed by atoms with Crippen LogP contribution in [0.2, 0.25) is 5.02 Å². The Balaban J connectivity index is 2.22.